The van der Waals surface area contributed by atoms with E-state index in [1.54, 1.807) is 7.05 Å². The minimum atomic E-state index is 0.678. The summed E-state index contributed by atoms with van der Waals surface area (Å²) in [7, 11) is 6.02. The largest absolute Gasteiger partial charge is 0.370 e. The van der Waals surface area contributed by atoms with E-state index in [4.69, 9.17) is 5.73 Å². The number of nitrogens with two attached hydrogens (primary N) is 1. The molecule has 0 radical (unpaired) electrons. The molecule has 0 saturated carbocycles. The van der Waals surface area contributed by atoms with Gasteiger partial charge in [-0.15, -0.1) is 0 Å². The summed E-state index contributed by atoms with van der Waals surface area (Å²) >= 11 is 0. The molecular weight excluding hydrogens is 164 g/mol. The summed E-state index contributed by atoms with van der Waals surface area (Å²) in [4.78, 5) is 8.43. The molecule has 0 aromatic heterocycles. The molecule has 1 aliphatic heterocycles. The average molecular weight is 184 g/mol. The van der Waals surface area contributed by atoms with Gasteiger partial charge in [0.15, 0.2) is 5.96 Å². The van der Waals surface area contributed by atoms with E-state index < -0.39 is 0 Å². The van der Waals surface area contributed by atoms with Crippen LogP contribution in [-0.2, 0) is 0 Å². The number of guanidine groups is 1. The molecule has 0 aliphatic carbocycles. The van der Waals surface area contributed by atoms with Gasteiger partial charge in [0.1, 0.15) is 0 Å². The maximum Gasteiger partial charge on any atom is 0.190 e. The fourth-order valence-corrected chi connectivity index (χ4v) is 1.75. The first-order chi connectivity index (χ1) is 6.15. The first-order valence-corrected chi connectivity index (χ1v) is 4.78. The Labute approximate surface area is 80.4 Å². The Kier molecular flexibility index (Phi) is 3.54. The van der Waals surface area contributed by atoms with E-state index in [0.717, 1.165) is 13.1 Å². The zero-order chi connectivity index (χ0) is 9.84. The molecule has 76 valence electrons. The highest BCUT2D eigenvalue weighted by molar-refractivity contribution is 5.77. The van der Waals surface area contributed by atoms with Gasteiger partial charge in [-0.25, -0.2) is 0 Å². The van der Waals surface area contributed by atoms with Crippen molar-refractivity contribution in [3.05, 3.63) is 0 Å². The van der Waals surface area contributed by atoms with Crippen molar-refractivity contribution in [3.8, 4) is 0 Å². The van der Waals surface area contributed by atoms with Crippen molar-refractivity contribution < 1.29 is 0 Å². The molecule has 1 aliphatic rings. The molecule has 0 spiro atoms. The Balaban J connectivity index is 2.39. The van der Waals surface area contributed by atoms with Crippen LogP contribution in [0, 0.1) is 0 Å². The molecule has 4 nitrogen and oxygen atoms in total. The van der Waals surface area contributed by atoms with Crippen LogP contribution in [0.15, 0.2) is 4.99 Å². The number of rotatable bonds is 1. The Morgan fingerprint density at radius 1 is 1.38 bits per heavy atom. The highest BCUT2D eigenvalue weighted by Crippen LogP contribution is 2.13. The van der Waals surface area contributed by atoms with Crippen LogP contribution in [0.2, 0.25) is 0 Å². The standard InChI is InChI=1S/C9H20N4/c1-11-9(10)13-6-4-8(5-7-13)12(2)3/h8H,4-7H2,1-3H3,(H2,10,11). The van der Waals surface area contributed by atoms with E-state index in [1.165, 1.54) is 12.8 Å². The summed E-state index contributed by atoms with van der Waals surface area (Å²) in [6.45, 7) is 2.07. The lowest BCUT2D eigenvalue weighted by molar-refractivity contribution is 0.190. The molecule has 0 bridgehead atoms. The summed E-state index contributed by atoms with van der Waals surface area (Å²) in [5.74, 6) is 0.678. The fourth-order valence-electron chi connectivity index (χ4n) is 1.75. The van der Waals surface area contributed by atoms with Crippen molar-refractivity contribution in [1.29, 1.82) is 0 Å². The third kappa shape index (κ3) is 2.59. The smallest absolute Gasteiger partial charge is 0.190 e. The third-order valence-electron chi connectivity index (χ3n) is 2.75. The fraction of sp³-hybridized carbons (Fsp3) is 0.889. The van der Waals surface area contributed by atoms with Crippen molar-refractivity contribution >= 4 is 5.96 Å². The van der Waals surface area contributed by atoms with Crippen LogP contribution in [0.1, 0.15) is 12.8 Å². The lowest BCUT2D eigenvalue weighted by Gasteiger charge is -2.35. The van der Waals surface area contributed by atoms with Crippen LogP contribution >= 0.6 is 0 Å². The van der Waals surface area contributed by atoms with E-state index in [1.807, 2.05) is 0 Å². The molecule has 0 unspecified atom stereocenters. The zero-order valence-corrected chi connectivity index (χ0v) is 8.82. The molecule has 1 fully saturated rings. The van der Waals surface area contributed by atoms with E-state index in [0.29, 0.717) is 12.0 Å². The van der Waals surface area contributed by atoms with Gasteiger partial charge < -0.3 is 15.5 Å². The molecule has 0 aromatic rings. The van der Waals surface area contributed by atoms with Crippen LogP contribution in [0.4, 0.5) is 0 Å². The number of piperidine rings is 1. The van der Waals surface area contributed by atoms with Gasteiger partial charge in [-0.05, 0) is 26.9 Å². The molecule has 13 heavy (non-hydrogen) atoms. The van der Waals surface area contributed by atoms with Crippen molar-refractivity contribution in [3.63, 3.8) is 0 Å². The summed E-state index contributed by atoms with van der Waals surface area (Å²) in [5, 5.41) is 0. The number of hydrogen-bond donors (Lipinski definition) is 1. The van der Waals surface area contributed by atoms with Crippen molar-refractivity contribution in [2.75, 3.05) is 34.2 Å². The highest BCUT2D eigenvalue weighted by Gasteiger charge is 2.20. The maximum absolute atomic E-state index is 5.73. The lowest BCUT2D eigenvalue weighted by atomic mass is 10.0. The van der Waals surface area contributed by atoms with Gasteiger partial charge in [-0.2, -0.15) is 0 Å². The molecule has 0 aromatic carbocycles. The lowest BCUT2D eigenvalue weighted by Crippen LogP contribution is -2.47. The van der Waals surface area contributed by atoms with Crippen LogP contribution in [0.3, 0.4) is 0 Å². The Morgan fingerprint density at radius 3 is 2.31 bits per heavy atom. The quantitative estimate of drug-likeness (QED) is 0.459. The van der Waals surface area contributed by atoms with E-state index in [2.05, 4.69) is 28.9 Å². The van der Waals surface area contributed by atoms with Crippen LogP contribution in [-0.4, -0.2) is 56.0 Å². The number of aliphatic imine (C=N–C) groups is 1. The Bertz CT molecular complexity index is 180. The second-order valence-electron chi connectivity index (χ2n) is 3.76. The topological polar surface area (TPSA) is 44.9 Å². The predicted octanol–water partition coefficient (Wildman–Crippen LogP) is -0.0431. The average Bonchev–Trinajstić information content (AvgIpc) is 2.17. The molecule has 0 atom stereocenters. The van der Waals surface area contributed by atoms with E-state index in [9.17, 15) is 0 Å². The minimum absolute atomic E-state index is 0.678. The van der Waals surface area contributed by atoms with Crippen LogP contribution in [0.25, 0.3) is 0 Å². The molecule has 1 saturated heterocycles. The molecule has 2 N–H and O–H groups in total. The monoisotopic (exact) mass is 184 g/mol. The summed E-state index contributed by atoms with van der Waals surface area (Å²) in [6, 6.07) is 0.709. The van der Waals surface area contributed by atoms with Gasteiger partial charge in [-0.3, -0.25) is 4.99 Å². The molecule has 4 heteroatoms. The highest BCUT2D eigenvalue weighted by atomic mass is 15.3. The first kappa shape index (κ1) is 10.3. The van der Waals surface area contributed by atoms with Gasteiger partial charge in [0.05, 0.1) is 0 Å². The second kappa shape index (κ2) is 4.46. The van der Waals surface area contributed by atoms with Crippen LogP contribution in [0.5, 0.6) is 0 Å². The van der Waals surface area contributed by atoms with Gasteiger partial charge in [0, 0.05) is 26.2 Å². The summed E-state index contributed by atoms with van der Waals surface area (Å²) < 4.78 is 0. The van der Waals surface area contributed by atoms with Crippen LogP contribution < -0.4 is 5.73 Å². The Morgan fingerprint density at radius 2 is 1.92 bits per heavy atom. The maximum atomic E-state index is 5.73. The molecule has 0 amide bonds. The summed E-state index contributed by atoms with van der Waals surface area (Å²) in [5.41, 5.74) is 5.73. The number of likely N-dealkylation sites (tertiary alicyclic amines) is 1. The van der Waals surface area contributed by atoms with Crippen molar-refractivity contribution in [1.82, 2.24) is 9.80 Å². The van der Waals surface area contributed by atoms with Crippen molar-refractivity contribution in [2.45, 2.75) is 18.9 Å². The third-order valence-corrected chi connectivity index (χ3v) is 2.75. The predicted molar refractivity (Wildman–Crippen MR) is 55.8 cm³/mol. The SMILES string of the molecule is CN=C(N)N1CCC(N(C)C)CC1. The molecule has 1 heterocycles. The minimum Gasteiger partial charge on any atom is -0.370 e. The van der Waals surface area contributed by atoms with Gasteiger partial charge >= 0.3 is 0 Å². The summed E-state index contributed by atoms with van der Waals surface area (Å²) in [6.07, 6.45) is 2.37. The van der Waals surface area contributed by atoms with Gasteiger partial charge in [0.25, 0.3) is 0 Å². The van der Waals surface area contributed by atoms with Crippen molar-refractivity contribution in [2.24, 2.45) is 10.7 Å². The molecule has 1 rings (SSSR count). The normalized spacial score (nSPS) is 21.2. The van der Waals surface area contributed by atoms with Gasteiger partial charge in [-0.1, -0.05) is 0 Å². The Hall–Kier alpha value is -0.770. The molecular formula is C9H20N4. The van der Waals surface area contributed by atoms with E-state index >= 15 is 0 Å². The van der Waals surface area contributed by atoms with E-state index in [-0.39, 0.29) is 0 Å². The number of hydrogen-bond acceptors (Lipinski definition) is 2. The first-order valence-electron chi connectivity index (χ1n) is 4.78. The number of nitrogens with zero attached hydrogens (tertiary/aromatic N) is 3. The van der Waals surface area contributed by atoms with Gasteiger partial charge in [0.2, 0.25) is 0 Å². The zero-order valence-electron chi connectivity index (χ0n) is 8.82. The second-order valence-corrected chi connectivity index (χ2v) is 3.76.